The van der Waals surface area contributed by atoms with Gasteiger partial charge in [-0.05, 0) is 19.4 Å². The van der Waals surface area contributed by atoms with Crippen molar-refractivity contribution in [2.24, 2.45) is 0 Å². The summed E-state index contributed by atoms with van der Waals surface area (Å²) in [6.07, 6.45) is 3.31. The lowest BCUT2D eigenvalue weighted by molar-refractivity contribution is -0.150. The molecule has 78 valence electrons. The van der Waals surface area contributed by atoms with Crippen molar-refractivity contribution in [2.45, 2.75) is 19.4 Å². The zero-order valence-electron chi connectivity index (χ0n) is 8.52. The smallest absolute Gasteiger partial charge is 0.333 e. The molecule has 0 aliphatic heterocycles. The minimum Gasteiger partial charge on any atom is -0.479 e. The SMILES string of the molecule is COCC(C)(C(=O)O)n1cc(C)cn1. The van der Waals surface area contributed by atoms with E-state index in [9.17, 15) is 4.79 Å². The molecule has 1 aromatic heterocycles. The van der Waals surface area contributed by atoms with Crippen LogP contribution in [0.15, 0.2) is 12.4 Å². The van der Waals surface area contributed by atoms with Crippen LogP contribution in [-0.2, 0) is 15.1 Å². The van der Waals surface area contributed by atoms with Gasteiger partial charge in [0.1, 0.15) is 0 Å². The van der Waals surface area contributed by atoms with Gasteiger partial charge < -0.3 is 9.84 Å². The van der Waals surface area contributed by atoms with Crippen molar-refractivity contribution in [3.63, 3.8) is 0 Å². The fourth-order valence-corrected chi connectivity index (χ4v) is 1.19. The maximum Gasteiger partial charge on any atom is 0.333 e. The Hall–Kier alpha value is -1.36. The summed E-state index contributed by atoms with van der Waals surface area (Å²) in [5, 5.41) is 13.1. The van der Waals surface area contributed by atoms with Crippen molar-refractivity contribution in [2.75, 3.05) is 13.7 Å². The molecule has 0 bridgehead atoms. The summed E-state index contributed by atoms with van der Waals surface area (Å²) in [5.41, 5.74) is -0.211. The highest BCUT2D eigenvalue weighted by Crippen LogP contribution is 2.16. The van der Waals surface area contributed by atoms with Crippen molar-refractivity contribution in [1.29, 1.82) is 0 Å². The largest absolute Gasteiger partial charge is 0.479 e. The molecule has 1 N–H and O–H groups in total. The zero-order chi connectivity index (χ0) is 10.8. The summed E-state index contributed by atoms with van der Waals surface area (Å²) < 4.78 is 6.30. The van der Waals surface area contributed by atoms with Crippen LogP contribution in [0.4, 0.5) is 0 Å². The summed E-state index contributed by atoms with van der Waals surface area (Å²) in [6, 6.07) is 0. The van der Waals surface area contributed by atoms with E-state index in [4.69, 9.17) is 9.84 Å². The second-order valence-corrected chi connectivity index (χ2v) is 3.47. The molecule has 1 unspecified atom stereocenters. The predicted octanol–water partition coefficient (Wildman–Crippen LogP) is 0.638. The van der Waals surface area contributed by atoms with E-state index in [1.807, 2.05) is 6.92 Å². The zero-order valence-corrected chi connectivity index (χ0v) is 8.52. The minimum absolute atomic E-state index is 0.0868. The number of hydrogen-bond donors (Lipinski definition) is 1. The molecule has 0 aromatic carbocycles. The summed E-state index contributed by atoms with van der Waals surface area (Å²) in [7, 11) is 1.47. The van der Waals surface area contributed by atoms with Gasteiger partial charge in [0.2, 0.25) is 0 Å². The average Bonchev–Trinajstić information content (AvgIpc) is 2.52. The molecule has 0 aliphatic rings. The van der Waals surface area contributed by atoms with Crippen LogP contribution in [0.1, 0.15) is 12.5 Å². The minimum atomic E-state index is -1.14. The summed E-state index contributed by atoms with van der Waals surface area (Å²) >= 11 is 0. The van der Waals surface area contributed by atoms with E-state index in [1.54, 1.807) is 19.3 Å². The molecule has 0 radical (unpaired) electrons. The fraction of sp³-hybridized carbons (Fsp3) is 0.556. The lowest BCUT2D eigenvalue weighted by atomic mass is 10.1. The third-order valence-corrected chi connectivity index (χ3v) is 2.10. The molecule has 0 amide bonds. The van der Waals surface area contributed by atoms with Crippen LogP contribution < -0.4 is 0 Å². The first-order valence-corrected chi connectivity index (χ1v) is 4.25. The number of aliphatic carboxylic acids is 1. The molecule has 5 nitrogen and oxygen atoms in total. The number of hydrogen-bond acceptors (Lipinski definition) is 3. The van der Waals surface area contributed by atoms with E-state index in [2.05, 4.69) is 5.10 Å². The maximum atomic E-state index is 11.1. The second kappa shape index (κ2) is 3.79. The molecular weight excluding hydrogens is 184 g/mol. The van der Waals surface area contributed by atoms with Gasteiger partial charge >= 0.3 is 5.97 Å². The number of carboxylic acids is 1. The quantitative estimate of drug-likeness (QED) is 0.771. The van der Waals surface area contributed by atoms with Gasteiger partial charge in [-0.25, -0.2) is 4.79 Å². The summed E-state index contributed by atoms with van der Waals surface area (Å²) in [5.74, 6) is -0.956. The lowest BCUT2D eigenvalue weighted by Gasteiger charge is -2.24. The van der Waals surface area contributed by atoms with Gasteiger partial charge in [-0.2, -0.15) is 5.10 Å². The Bertz CT molecular complexity index is 335. The van der Waals surface area contributed by atoms with Crippen LogP contribution in [0.25, 0.3) is 0 Å². The molecule has 0 fully saturated rings. The molecule has 1 rings (SSSR count). The van der Waals surface area contributed by atoms with Crippen molar-refractivity contribution >= 4 is 5.97 Å². The highest BCUT2D eigenvalue weighted by atomic mass is 16.5. The third-order valence-electron chi connectivity index (χ3n) is 2.10. The normalized spacial score (nSPS) is 15.1. The van der Waals surface area contributed by atoms with Gasteiger partial charge in [-0.15, -0.1) is 0 Å². The first-order valence-electron chi connectivity index (χ1n) is 4.25. The molecular formula is C9H14N2O3. The van der Waals surface area contributed by atoms with Gasteiger partial charge in [0, 0.05) is 13.3 Å². The Morgan fingerprint density at radius 1 is 1.79 bits per heavy atom. The Morgan fingerprint density at radius 3 is 2.79 bits per heavy atom. The van der Waals surface area contributed by atoms with Crippen LogP contribution in [0.3, 0.4) is 0 Å². The van der Waals surface area contributed by atoms with E-state index < -0.39 is 11.5 Å². The van der Waals surface area contributed by atoms with Crippen molar-refractivity contribution in [3.05, 3.63) is 18.0 Å². The van der Waals surface area contributed by atoms with E-state index >= 15 is 0 Å². The van der Waals surface area contributed by atoms with Crippen molar-refractivity contribution in [1.82, 2.24) is 9.78 Å². The number of nitrogens with zero attached hydrogens (tertiary/aromatic N) is 2. The first-order chi connectivity index (χ1) is 6.50. The number of methoxy groups -OCH3 is 1. The van der Waals surface area contributed by atoms with Gasteiger partial charge in [-0.3, -0.25) is 4.68 Å². The maximum absolute atomic E-state index is 11.1. The number of carboxylic acid groups (broad SMARTS) is 1. The third kappa shape index (κ3) is 1.77. The van der Waals surface area contributed by atoms with Crippen molar-refractivity contribution < 1.29 is 14.6 Å². The molecule has 14 heavy (non-hydrogen) atoms. The molecule has 0 saturated carbocycles. The Kier molecular flexibility index (Phi) is 2.90. The van der Waals surface area contributed by atoms with Crippen LogP contribution in [-0.4, -0.2) is 34.6 Å². The Balaban J connectivity index is 3.05. The summed E-state index contributed by atoms with van der Waals surface area (Å²) in [4.78, 5) is 11.1. The average molecular weight is 198 g/mol. The van der Waals surface area contributed by atoms with E-state index in [-0.39, 0.29) is 6.61 Å². The molecule has 5 heteroatoms. The van der Waals surface area contributed by atoms with Gasteiger partial charge in [0.15, 0.2) is 5.54 Å². The van der Waals surface area contributed by atoms with Crippen LogP contribution >= 0.6 is 0 Å². The van der Waals surface area contributed by atoms with E-state index in [1.165, 1.54) is 11.8 Å². The molecule has 1 atom stereocenters. The molecule has 1 aromatic rings. The monoisotopic (exact) mass is 198 g/mol. The predicted molar refractivity (Wildman–Crippen MR) is 50.1 cm³/mol. The van der Waals surface area contributed by atoms with Gasteiger partial charge in [-0.1, -0.05) is 0 Å². The summed E-state index contributed by atoms with van der Waals surface area (Å²) in [6.45, 7) is 3.52. The van der Waals surface area contributed by atoms with Crippen LogP contribution in [0, 0.1) is 6.92 Å². The van der Waals surface area contributed by atoms with Crippen LogP contribution in [0.2, 0.25) is 0 Å². The number of aryl methyl sites for hydroxylation is 1. The second-order valence-electron chi connectivity index (χ2n) is 3.47. The standard InChI is InChI=1S/C9H14N2O3/c1-7-4-10-11(5-7)9(2,6-14-3)8(12)13/h4-5H,6H2,1-3H3,(H,12,13). The topological polar surface area (TPSA) is 64.3 Å². The van der Waals surface area contributed by atoms with Crippen LogP contribution in [0.5, 0.6) is 0 Å². The number of rotatable bonds is 4. The molecule has 0 saturated heterocycles. The Morgan fingerprint density at radius 2 is 2.43 bits per heavy atom. The Labute approximate surface area is 82.3 Å². The first kappa shape index (κ1) is 10.7. The molecule has 0 aliphatic carbocycles. The molecule has 0 spiro atoms. The number of aromatic nitrogens is 2. The molecule has 1 heterocycles. The van der Waals surface area contributed by atoms with Crippen molar-refractivity contribution in [3.8, 4) is 0 Å². The van der Waals surface area contributed by atoms with E-state index in [0.29, 0.717) is 0 Å². The number of ether oxygens (including phenoxy) is 1. The van der Waals surface area contributed by atoms with Gasteiger partial charge in [0.25, 0.3) is 0 Å². The van der Waals surface area contributed by atoms with Gasteiger partial charge in [0.05, 0.1) is 12.8 Å². The van der Waals surface area contributed by atoms with E-state index in [0.717, 1.165) is 5.56 Å². The highest BCUT2D eigenvalue weighted by molar-refractivity contribution is 5.76. The number of carbonyl (C=O) groups is 1. The highest BCUT2D eigenvalue weighted by Gasteiger charge is 2.36. The fourth-order valence-electron chi connectivity index (χ4n) is 1.19. The lowest BCUT2D eigenvalue weighted by Crippen LogP contribution is -2.43.